The maximum Gasteiger partial charge on any atom is 0.0593 e. The Balaban J connectivity index is 3.40. The molecule has 0 amide bonds. The Hall–Kier alpha value is -0.120. The number of rotatable bonds is 7. The average Bonchev–Trinajstić information content (AvgIpc) is 1.98. The molecule has 0 aliphatic rings. The maximum absolute atomic E-state index is 5.58. The molecule has 80 valence electrons. The van der Waals surface area contributed by atoms with E-state index < -0.39 is 0 Å². The highest BCUT2D eigenvalue weighted by Crippen LogP contribution is 2.13. The summed E-state index contributed by atoms with van der Waals surface area (Å²) >= 11 is 0. The molecule has 0 spiro atoms. The number of nitrogens with zero attached hydrogens (tertiary/aromatic N) is 1. The third kappa shape index (κ3) is 8.22. The van der Waals surface area contributed by atoms with Gasteiger partial charge < -0.3 is 15.0 Å². The summed E-state index contributed by atoms with van der Waals surface area (Å²) in [4.78, 5) is 2.13. The van der Waals surface area contributed by atoms with Crippen molar-refractivity contribution in [1.82, 2.24) is 10.2 Å². The number of hydrogen-bond donors (Lipinski definition) is 1. The lowest BCUT2D eigenvalue weighted by Gasteiger charge is -2.24. The van der Waals surface area contributed by atoms with Crippen LogP contribution in [0.25, 0.3) is 0 Å². The fraction of sp³-hybridized carbons (Fsp3) is 1.00. The van der Waals surface area contributed by atoms with Crippen LogP contribution in [0.15, 0.2) is 0 Å². The first-order chi connectivity index (χ1) is 5.98. The van der Waals surface area contributed by atoms with Gasteiger partial charge in [0.2, 0.25) is 0 Å². The van der Waals surface area contributed by atoms with Crippen molar-refractivity contribution in [3.05, 3.63) is 0 Å². The van der Waals surface area contributed by atoms with Crippen LogP contribution in [0.3, 0.4) is 0 Å². The van der Waals surface area contributed by atoms with Crippen LogP contribution in [0.4, 0.5) is 0 Å². The van der Waals surface area contributed by atoms with Crippen LogP contribution in [-0.2, 0) is 4.74 Å². The summed E-state index contributed by atoms with van der Waals surface area (Å²) in [5, 5.41) is 3.17. The van der Waals surface area contributed by atoms with Gasteiger partial charge in [-0.2, -0.15) is 0 Å². The van der Waals surface area contributed by atoms with Gasteiger partial charge in [-0.05, 0) is 21.1 Å². The maximum atomic E-state index is 5.58. The molecule has 0 bridgehead atoms. The third-order valence-corrected chi connectivity index (χ3v) is 1.83. The molecular weight excluding hydrogens is 164 g/mol. The van der Waals surface area contributed by atoms with Crippen LogP contribution in [0, 0.1) is 5.41 Å². The van der Waals surface area contributed by atoms with Crippen LogP contribution in [0.2, 0.25) is 0 Å². The molecule has 0 aliphatic heterocycles. The van der Waals surface area contributed by atoms with Gasteiger partial charge in [-0.15, -0.1) is 0 Å². The fourth-order valence-corrected chi connectivity index (χ4v) is 1.13. The molecular formula is C10H24N2O. The molecule has 0 heterocycles. The largest absolute Gasteiger partial charge is 0.380 e. The van der Waals surface area contributed by atoms with E-state index in [1.807, 2.05) is 7.05 Å². The van der Waals surface area contributed by atoms with Crippen LogP contribution in [-0.4, -0.2) is 52.3 Å². The number of ether oxygens (including phenoxy) is 1. The van der Waals surface area contributed by atoms with Crippen molar-refractivity contribution in [3.63, 3.8) is 0 Å². The highest BCUT2D eigenvalue weighted by molar-refractivity contribution is 4.69. The van der Waals surface area contributed by atoms with Crippen LogP contribution < -0.4 is 5.32 Å². The lowest BCUT2D eigenvalue weighted by Crippen LogP contribution is -2.32. The van der Waals surface area contributed by atoms with Gasteiger partial charge in [0.15, 0.2) is 0 Å². The van der Waals surface area contributed by atoms with Crippen molar-refractivity contribution in [2.24, 2.45) is 5.41 Å². The van der Waals surface area contributed by atoms with Crippen LogP contribution in [0.5, 0.6) is 0 Å². The van der Waals surface area contributed by atoms with E-state index in [0.717, 1.165) is 26.3 Å². The number of likely N-dealkylation sites (N-methyl/N-ethyl adjacent to an activating group) is 1. The van der Waals surface area contributed by atoms with Crippen molar-refractivity contribution in [1.29, 1.82) is 0 Å². The smallest absolute Gasteiger partial charge is 0.0593 e. The Morgan fingerprint density at radius 2 is 1.92 bits per heavy atom. The molecule has 0 saturated carbocycles. The lowest BCUT2D eigenvalue weighted by molar-refractivity contribution is 0.0547. The van der Waals surface area contributed by atoms with E-state index in [-0.39, 0.29) is 5.41 Å². The van der Waals surface area contributed by atoms with Gasteiger partial charge in [0.25, 0.3) is 0 Å². The summed E-state index contributed by atoms with van der Waals surface area (Å²) < 4.78 is 5.58. The molecule has 1 N–H and O–H groups in total. The Kier molecular flexibility index (Phi) is 6.29. The minimum atomic E-state index is 0.237. The van der Waals surface area contributed by atoms with Crippen LogP contribution in [0.1, 0.15) is 13.8 Å². The third-order valence-electron chi connectivity index (χ3n) is 1.83. The minimum Gasteiger partial charge on any atom is -0.380 e. The summed E-state index contributed by atoms with van der Waals surface area (Å²) in [7, 11) is 6.09. The van der Waals surface area contributed by atoms with E-state index in [2.05, 4.69) is 38.2 Å². The molecule has 0 aromatic rings. The van der Waals surface area contributed by atoms with Gasteiger partial charge in [0.05, 0.1) is 13.2 Å². The first-order valence-electron chi connectivity index (χ1n) is 4.85. The molecule has 0 fully saturated rings. The molecule has 3 nitrogen and oxygen atoms in total. The fourth-order valence-electron chi connectivity index (χ4n) is 1.13. The van der Waals surface area contributed by atoms with E-state index >= 15 is 0 Å². The number of hydrogen-bond acceptors (Lipinski definition) is 3. The predicted molar refractivity (Wildman–Crippen MR) is 57.1 cm³/mol. The molecule has 3 heteroatoms. The molecule has 0 unspecified atom stereocenters. The molecule has 0 radical (unpaired) electrons. The highest BCUT2D eigenvalue weighted by atomic mass is 16.5. The van der Waals surface area contributed by atoms with Crippen molar-refractivity contribution in [2.75, 3.05) is 47.4 Å². The van der Waals surface area contributed by atoms with Gasteiger partial charge in [-0.3, -0.25) is 0 Å². The van der Waals surface area contributed by atoms with Gasteiger partial charge in [-0.1, -0.05) is 13.8 Å². The molecule has 0 aliphatic carbocycles. The van der Waals surface area contributed by atoms with E-state index in [0.29, 0.717) is 0 Å². The Morgan fingerprint density at radius 1 is 1.31 bits per heavy atom. The molecule has 0 rings (SSSR count). The second-order valence-electron chi connectivity index (χ2n) is 4.55. The van der Waals surface area contributed by atoms with Gasteiger partial charge in [-0.25, -0.2) is 0 Å². The predicted octanol–water partition coefficient (Wildman–Crippen LogP) is 0.810. The topological polar surface area (TPSA) is 24.5 Å². The molecule has 13 heavy (non-hydrogen) atoms. The monoisotopic (exact) mass is 188 g/mol. The summed E-state index contributed by atoms with van der Waals surface area (Å²) in [6.45, 7) is 8.05. The summed E-state index contributed by atoms with van der Waals surface area (Å²) in [5.74, 6) is 0. The molecule has 0 aromatic heterocycles. The quantitative estimate of drug-likeness (QED) is 0.598. The van der Waals surface area contributed by atoms with Gasteiger partial charge >= 0.3 is 0 Å². The van der Waals surface area contributed by atoms with E-state index in [9.17, 15) is 0 Å². The minimum absolute atomic E-state index is 0.237. The van der Waals surface area contributed by atoms with E-state index in [4.69, 9.17) is 4.74 Å². The van der Waals surface area contributed by atoms with Crippen molar-refractivity contribution < 1.29 is 4.74 Å². The Morgan fingerprint density at radius 3 is 2.38 bits per heavy atom. The zero-order valence-corrected chi connectivity index (χ0v) is 9.68. The zero-order chi connectivity index (χ0) is 10.3. The lowest BCUT2D eigenvalue weighted by atomic mass is 9.95. The Labute approximate surface area is 82.4 Å². The molecule has 0 saturated heterocycles. The second-order valence-corrected chi connectivity index (χ2v) is 4.55. The average molecular weight is 188 g/mol. The van der Waals surface area contributed by atoms with Crippen LogP contribution >= 0.6 is 0 Å². The summed E-state index contributed by atoms with van der Waals surface area (Å²) in [5.41, 5.74) is 0.237. The Bertz CT molecular complexity index is 124. The van der Waals surface area contributed by atoms with Crippen molar-refractivity contribution in [2.45, 2.75) is 13.8 Å². The van der Waals surface area contributed by atoms with Gasteiger partial charge in [0, 0.05) is 18.5 Å². The second kappa shape index (κ2) is 6.35. The normalized spacial score (nSPS) is 12.5. The zero-order valence-electron chi connectivity index (χ0n) is 9.68. The van der Waals surface area contributed by atoms with Gasteiger partial charge in [0.1, 0.15) is 0 Å². The SMILES string of the molecule is CNCC(C)(C)COCCN(C)C. The first-order valence-corrected chi connectivity index (χ1v) is 4.85. The standard InChI is InChI=1S/C10H24N2O/c1-10(2,8-11-3)9-13-7-6-12(4)5/h11H,6-9H2,1-5H3. The molecule has 0 aromatic carbocycles. The summed E-state index contributed by atoms with van der Waals surface area (Å²) in [6.07, 6.45) is 0. The highest BCUT2D eigenvalue weighted by Gasteiger charge is 2.16. The molecule has 0 atom stereocenters. The number of nitrogens with one attached hydrogen (secondary N) is 1. The van der Waals surface area contributed by atoms with E-state index in [1.54, 1.807) is 0 Å². The summed E-state index contributed by atoms with van der Waals surface area (Å²) in [6, 6.07) is 0. The van der Waals surface area contributed by atoms with Crippen molar-refractivity contribution >= 4 is 0 Å². The van der Waals surface area contributed by atoms with Crippen molar-refractivity contribution in [3.8, 4) is 0 Å². The van der Waals surface area contributed by atoms with E-state index in [1.165, 1.54) is 0 Å². The first kappa shape index (κ1) is 12.9.